The molecule has 0 radical (unpaired) electrons. The average molecular weight is 239 g/mol. The molecule has 0 saturated carbocycles. The van der Waals surface area contributed by atoms with Gasteiger partial charge in [-0.15, -0.1) is 0 Å². The molecule has 0 aliphatic rings. The second-order valence-electron chi connectivity index (χ2n) is 2.73. The molecule has 0 aliphatic heterocycles. The molecule has 17 heavy (non-hydrogen) atoms. The Bertz CT molecular complexity index is 380. The highest BCUT2D eigenvalue weighted by atomic mass is 16.8. The number of hydrogen-bond donors (Lipinski definition) is 2. The van der Waals surface area contributed by atoms with Crippen LogP contribution in [0, 0.1) is 0 Å². The van der Waals surface area contributed by atoms with E-state index in [0.29, 0.717) is 5.75 Å². The lowest BCUT2D eigenvalue weighted by molar-refractivity contribution is 0.0373. The summed E-state index contributed by atoms with van der Waals surface area (Å²) in [4.78, 5) is 19.3. The van der Waals surface area contributed by atoms with Gasteiger partial charge in [0.15, 0.2) is 0 Å². The van der Waals surface area contributed by atoms with Crippen molar-refractivity contribution in [2.45, 2.75) is 0 Å². The van der Waals surface area contributed by atoms with Crippen LogP contribution in [0.15, 0.2) is 35.3 Å². The van der Waals surface area contributed by atoms with Gasteiger partial charge in [-0.1, -0.05) is 23.8 Å². The van der Waals surface area contributed by atoms with Gasteiger partial charge in [-0.25, -0.2) is 15.2 Å². The van der Waals surface area contributed by atoms with Gasteiger partial charge in [0.25, 0.3) is 0 Å². The van der Waals surface area contributed by atoms with Gasteiger partial charge in [0.05, 0.1) is 7.11 Å². The molecule has 2 N–H and O–H groups in total. The molecule has 92 valence electrons. The Morgan fingerprint density at radius 1 is 1.29 bits per heavy atom. The predicted molar refractivity (Wildman–Crippen MR) is 60.2 cm³/mol. The summed E-state index contributed by atoms with van der Waals surface area (Å²) in [6.07, 6.45) is -0.907. The van der Waals surface area contributed by atoms with E-state index >= 15 is 0 Å². The van der Waals surface area contributed by atoms with Gasteiger partial charge in [0.1, 0.15) is 5.75 Å². The standard InChI is InChI=1S/C10H13N3O4/c1-11-9(15-2)12-13-17-10(14)16-8-6-4-3-5-7-8/h3-7,13H,1-2H3,(H,11,12). The number of carbonyl (C=O) groups excluding carboxylic acids is 1. The Kier molecular flexibility index (Phi) is 5.32. The lowest BCUT2D eigenvalue weighted by Crippen LogP contribution is -2.40. The van der Waals surface area contributed by atoms with Crippen LogP contribution in [-0.4, -0.2) is 26.3 Å². The molecule has 0 aromatic heterocycles. The largest absolute Gasteiger partial charge is 0.534 e. The number of benzene rings is 1. The second-order valence-corrected chi connectivity index (χ2v) is 2.73. The number of hydrogen-bond acceptors (Lipinski definition) is 6. The van der Waals surface area contributed by atoms with Crippen molar-refractivity contribution in [3.05, 3.63) is 30.3 Å². The maximum atomic E-state index is 11.1. The Balaban J connectivity index is 2.27. The number of carbonyl (C=O) groups is 1. The van der Waals surface area contributed by atoms with E-state index in [-0.39, 0.29) is 6.02 Å². The zero-order valence-corrected chi connectivity index (χ0v) is 9.47. The zero-order valence-electron chi connectivity index (χ0n) is 9.47. The number of hydrazine groups is 1. The number of nitrogens with one attached hydrogen (secondary N) is 2. The molecule has 0 heterocycles. The third-order valence-electron chi connectivity index (χ3n) is 1.63. The molecule has 0 fully saturated rings. The maximum Gasteiger partial charge on any atom is 0.534 e. The fourth-order valence-electron chi connectivity index (χ4n) is 0.915. The van der Waals surface area contributed by atoms with Crippen LogP contribution in [0.5, 0.6) is 5.75 Å². The van der Waals surface area contributed by atoms with Crippen LogP contribution < -0.4 is 15.8 Å². The normalized spacial score (nSPS) is 10.6. The van der Waals surface area contributed by atoms with Crippen molar-refractivity contribution in [2.75, 3.05) is 14.2 Å². The first kappa shape index (κ1) is 12.8. The quantitative estimate of drug-likeness (QED) is 0.267. The van der Waals surface area contributed by atoms with E-state index < -0.39 is 6.16 Å². The van der Waals surface area contributed by atoms with Crippen molar-refractivity contribution in [1.82, 2.24) is 11.0 Å². The first-order valence-electron chi connectivity index (χ1n) is 4.71. The Labute approximate surface area is 98.3 Å². The number of methoxy groups -OCH3 is 1. The number of aliphatic imine (C=N–C) groups is 1. The van der Waals surface area contributed by atoms with E-state index in [0.717, 1.165) is 0 Å². The summed E-state index contributed by atoms with van der Waals surface area (Å²) in [5.41, 5.74) is 4.52. The number of para-hydroxylation sites is 1. The van der Waals surface area contributed by atoms with Crippen molar-refractivity contribution in [2.24, 2.45) is 4.99 Å². The number of rotatable bonds is 3. The molecule has 1 aromatic carbocycles. The molecular formula is C10H13N3O4. The fourth-order valence-corrected chi connectivity index (χ4v) is 0.915. The van der Waals surface area contributed by atoms with Gasteiger partial charge in [-0.2, -0.15) is 0 Å². The Morgan fingerprint density at radius 2 is 2.00 bits per heavy atom. The van der Waals surface area contributed by atoms with E-state index in [1.807, 2.05) is 0 Å². The van der Waals surface area contributed by atoms with Crippen molar-refractivity contribution in [3.8, 4) is 5.75 Å². The average Bonchev–Trinajstić information content (AvgIpc) is 2.36. The summed E-state index contributed by atoms with van der Waals surface area (Å²) in [5, 5.41) is 0. The molecule has 0 amide bonds. The van der Waals surface area contributed by atoms with Gasteiger partial charge in [0, 0.05) is 7.05 Å². The Hall–Kier alpha value is -2.28. The van der Waals surface area contributed by atoms with Crippen molar-refractivity contribution >= 4 is 12.2 Å². The topological polar surface area (TPSA) is 81.2 Å². The first-order chi connectivity index (χ1) is 8.26. The van der Waals surface area contributed by atoms with E-state index in [1.54, 1.807) is 30.3 Å². The number of ether oxygens (including phenoxy) is 2. The number of nitrogens with zero attached hydrogens (tertiary/aromatic N) is 1. The van der Waals surface area contributed by atoms with E-state index in [2.05, 4.69) is 20.8 Å². The highest BCUT2D eigenvalue weighted by molar-refractivity contribution is 5.72. The summed E-state index contributed by atoms with van der Waals surface area (Å²) in [5.74, 6) is 0.385. The minimum Gasteiger partial charge on any atom is -0.468 e. The zero-order chi connectivity index (χ0) is 12.5. The molecule has 1 aromatic rings. The lowest BCUT2D eigenvalue weighted by atomic mass is 10.3. The molecule has 7 nitrogen and oxygen atoms in total. The van der Waals surface area contributed by atoms with E-state index in [4.69, 9.17) is 9.47 Å². The highest BCUT2D eigenvalue weighted by Crippen LogP contribution is 2.08. The summed E-state index contributed by atoms with van der Waals surface area (Å²) in [6, 6.07) is 8.70. The molecule has 0 unspecified atom stereocenters. The molecule has 1 rings (SSSR count). The summed E-state index contributed by atoms with van der Waals surface area (Å²) in [7, 11) is 2.93. The van der Waals surface area contributed by atoms with Gasteiger partial charge < -0.3 is 14.3 Å². The van der Waals surface area contributed by atoms with Gasteiger partial charge in [-0.3, -0.25) is 0 Å². The second kappa shape index (κ2) is 7.07. The summed E-state index contributed by atoms with van der Waals surface area (Å²) in [6.45, 7) is 0. The van der Waals surface area contributed by atoms with Gasteiger partial charge in [0.2, 0.25) is 0 Å². The monoisotopic (exact) mass is 239 g/mol. The third kappa shape index (κ3) is 4.85. The van der Waals surface area contributed by atoms with Crippen LogP contribution in [-0.2, 0) is 9.57 Å². The van der Waals surface area contributed by atoms with Crippen molar-refractivity contribution in [1.29, 1.82) is 0 Å². The number of amidine groups is 1. The minimum atomic E-state index is -0.907. The fraction of sp³-hybridized carbons (Fsp3) is 0.200. The SMILES string of the molecule is CN=C(NNOC(=O)Oc1ccccc1)OC. The molecule has 0 spiro atoms. The highest BCUT2D eigenvalue weighted by Gasteiger charge is 2.05. The van der Waals surface area contributed by atoms with Crippen molar-refractivity contribution < 1.29 is 19.1 Å². The molecule has 0 atom stereocenters. The van der Waals surface area contributed by atoms with Gasteiger partial charge in [-0.05, 0) is 12.1 Å². The molecule has 7 heteroatoms. The molecule has 0 saturated heterocycles. The maximum absolute atomic E-state index is 11.1. The predicted octanol–water partition coefficient (Wildman–Crippen LogP) is 0.843. The van der Waals surface area contributed by atoms with Gasteiger partial charge >= 0.3 is 12.2 Å². The van der Waals surface area contributed by atoms with Crippen LogP contribution in [0.3, 0.4) is 0 Å². The summed E-state index contributed by atoms with van der Waals surface area (Å²) < 4.78 is 9.56. The smallest absolute Gasteiger partial charge is 0.468 e. The van der Waals surface area contributed by atoms with Crippen molar-refractivity contribution in [3.63, 3.8) is 0 Å². The molecular weight excluding hydrogens is 226 g/mol. The minimum absolute atomic E-state index is 0.164. The van der Waals surface area contributed by atoms with Crippen LogP contribution in [0.4, 0.5) is 4.79 Å². The van der Waals surface area contributed by atoms with E-state index in [9.17, 15) is 4.79 Å². The summed E-state index contributed by atoms with van der Waals surface area (Å²) >= 11 is 0. The van der Waals surface area contributed by atoms with Crippen LogP contribution >= 0.6 is 0 Å². The molecule has 0 bridgehead atoms. The molecule has 0 aliphatic carbocycles. The van der Waals surface area contributed by atoms with Crippen LogP contribution in [0.2, 0.25) is 0 Å². The first-order valence-corrected chi connectivity index (χ1v) is 4.71. The van der Waals surface area contributed by atoms with Crippen LogP contribution in [0.25, 0.3) is 0 Å². The lowest BCUT2D eigenvalue weighted by Gasteiger charge is -2.08. The Morgan fingerprint density at radius 3 is 2.59 bits per heavy atom. The third-order valence-corrected chi connectivity index (χ3v) is 1.63. The van der Waals surface area contributed by atoms with E-state index in [1.165, 1.54) is 14.2 Å². The van der Waals surface area contributed by atoms with Crippen LogP contribution in [0.1, 0.15) is 0 Å².